The number of nitrogens with one attached hydrogen (secondary N) is 1. The number of aromatic nitrogens is 1. The fourth-order valence-electron chi connectivity index (χ4n) is 3.63. The Kier molecular flexibility index (Phi) is 5.24. The lowest BCUT2D eigenvalue weighted by Crippen LogP contribution is -2.19. The lowest BCUT2D eigenvalue weighted by atomic mass is 9.86. The predicted molar refractivity (Wildman–Crippen MR) is 118 cm³/mol. The third-order valence-corrected chi connectivity index (χ3v) is 5.44. The molecule has 0 spiro atoms. The van der Waals surface area contributed by atoms with Crippen molar-refractivity contribution in [2.45, 2.75) is 44.9 Å². The van der Waals surface area contributed by atoms with Crippen molar-refractivity contribution in [3.05, 3.63) is 75.2 Å². The van der Waals surface area contributed by atoms with Crippen molar-refractivity contribution >= 4 is 23.4 Å². The van der Waals surface area contributed by atoms with Gasteiger partial charge >= 0.3 is 0 Å². The van der Waals surface area contributed by atoms with Gasteiger partial charge < -0.3 is 9.82 Å². The quantitative estimate of drug-likeness (QED) is 0.838. The molecule has 2 aliphatic rings. The van der Waals surface area contributed by atoms with Gasteiger partial charge in [-0.15, -0.1) is 0 Å². The number of oxime groups is 1. The first-order chi connectivity index (χ1) is 14.3. The number of hydrogen-bond donors (Lipinski definition) is 1. The van der Waals surface area contributed by atoms with Crippen molar-refractivity contribution in [3.8, 4) is 0 Å². The third-order valence-electron chi connectivity index (χ3n) is 5.44. The van der Waals surface area contributed by atoms with Crippen LogP contribution in [0.25, 0.3) is 5.57 Å². The monoisotopic (exact) mass is 403 g/mol. The number of aromatic amines is 1. The van der Waals surface area contributed by atoms with Crippen molar-refractivity contribution in [2.75, 3.05) is 6.61 Å². The van der Waals surface area contributed by atoms with Gasteiger partial charge in [-0.25, -0.2) is 4.99 Å². The van der Waals surface area contributed by atoms with Crippen LogP contribution in [0.15, 0.2) is 57.4 Å². The molecule has 4 rings (SSSR count). The smallest absolute Gasteiger partial charge is 0.252 e. The van der Waals surface area contributed by atoms with Gasteiger partial charge in [0, 0.05) is 29.0 Å². The van der Waals surface area contributed by atoms with Crippen LogP contribution in [-0.2, 0) is 15.0 Å². The molecule has 30 heavy (non-hydrogen) atoms. The summed E-state index contributed by atoms with van der Waals surface area (Å²) in [4.78, 5) is 36.5. The maximum atomic E-state index is 12.8. The van der Waals surface area contributed by atoms with Gasteiger partial charge in [-0.3, -0.25) is 9.59 Å². The molecule has 3 heterocycles. The van der Waals surface area contributed by atoms with E-state index in [0.717, 1.165) is 16.8 Å². The van der Waals surface area contributed by atoms with Crippen LogP contribution in [0.5, 0.6) is 0 Å². The zero-order chi connectivity index (χ0) is 21.3. The average Bonchev–Trinajstić information content (AvgIpc) is 3.37. The minimum absolute atomic E-state index is 0.0469. The van der Waals surface area contributed by atoms with Crippen LogP contribution in [0.1, 0.15) is 61.9 Å². The number of nitrogens with zero attached hydrogens (tertiary/aromatic N) is 2. The summed E-state index contributed by atoms with van der Waals surface area (Å²) in [6.07, 6.45) is 4.59. The summed E-state index contributed by atoms with van der Waals surface area (Å²) in [5.41, 5.74) is 4.94. The van der Waals surface area contributed by atoms with Crippen LogP contribution in [0, 0.1) is 0 Å². The van der Waals surface area contributed by atoms with Crippen molar-refractivity contribution in [2.24, 2.45) is 10.1 Å². The summed E-state index contributed by atoms with van der Waals surface area (Å²) >= 11 is 0. The molecule has 0 radical (unpaired) electrons. The molecule has 154 valence electrons. The van der Waals surface area contributed by atoms with Gasteiger partial charge in [-0.2, -0.15) is 0 Å². The lowest BCUT2D eigenvalue weighted by molar-refractivity contribution is -0.117. The molecule has 6 nitrogen and oxygen atoms in total. The maximum absolute atomic E-state index is 12.8. The molecule has 1 unspecified atom stereocenters. The molecule has 0 saturated heterocycles. The Morgan fingerprint density at radius 1 is 1.10 bits per heavy atom. The molecule has 1 atom stereocenters. The first kappa shape index (κ1) is 20.0. The zero-order valence-corrected chi connectivity index (χ0v) is 17.4. The summed E-state index contributed by atoms with van der Waals surface area (Å²) in [6, 6.07) is 12.0. The van der Waals surface area contributed by atoms with E-state index in [2.05, 4.69) is 48.0 Å². The number of hydrogen-bond acceptors (Lipinski definition) is 4. The molecule has 1 amide bonds. The summed E-state index contributed by atoms with van der Waals surface area (Å²) in [7, 11) is 0. The minimum Gasteiger partial charge on any atom is -0.395 e. The number of H-pyrrole nitrogens is 1. The van der Waals surface area contributed by atoms with Gasteiger partial charge in [0.15, 0.2) is 0 Å². The highest BCUT2D eigenvalue weighted by atomic mass is 16.6. The summed E-state index contributed by atoms with van der Waals surface area (Å²) in [5, 5.41) is 3.75. The van der Waals surface area contributed by atoms with Gasteiger partial charge in [0.05, 0.1) is 12.1 Å². The fourth-order valence-corrected chi connectivity index (χ4v) is 3.63. The summed E-state index contributed by atoms with van der Waals surface area (Å²) < 4.78 is 0. The first-order valence-corrected chi connectivity index (χ1v) is 10.1. The molecular weight excluding hydrogens is 378 g/mol. The molecule has 6 heteroatoms. The molecule has 1 aromatic carbocycles. The number of rotatable bonds is 4. The van der Waals surface area contributed by atoms with E-state index in [0.29, 0.717) is 30.7 Å². The van der Waals surface area contributed by atoms with E-state index in [1.54, 1.807) is 6.21 Å². The van der Waals surface area contributed by atoms with E-state index < -0.39 is 0 Å². The molecule has 2 aliphatic heterocycles. The van der Waals surface area contributed by atoms with Gasteiger partial charge in [0.2, 0.25) is 5.91 Å². The zero-order valence-electron chi connectivity index (χ0n) is 17.4. The second-order valence-electron chi connectivity index (χ2n) is 8.70. The number of carbonyl (C=O) groups is 1. The molecule has 0 saturated carbocycles. The first-order valence-electron chi connectivity index (χ1n) is 10.1. The van der Waals surface area contributed by atoms with Crippen LogP contribution in [0.4, 0.5) is 0 Å². The highest BCUT2D eigenvalue weighted by Gasteiger charge is 2.20. The maximum Gasteiger partial charge on any atom is 0.252 e. The average molecular weight is 403 g/mol. The summed E-state index contributed by atoms with van der Waals surface area (Å²) in [5.74, 6) is -0.244. The van der Waals surface area contributed by atoms with Gasteiger partial charge in [0.1, 0.15) is 6.61 Å². The highest BCUT2D eigenvalue weighted by Crippen LogP contribution is 2.28. The van der Waals surface area contributed by atoms with E-state index in [4.69, 9.17) is 4.84 Å². The topological polar surface area (TPSA) is 83.9 Å². The Bertz CT molecular complexity index is 1120. The molecule has 1 aromatic heterocycles. The van der Waals surface area contributed by atoms with Crippen LogP contribution >= 0.6 is 0 Å². The SMILES string of the molecule is CC(C)(C)c1ccc(/C(=C\C2=NC(=O)CC2)c2ccc(C3C=NOC3)c(=O)[nH]2)cc1. The van der Waals surface area contributed by atoms with Gasteiger partial charge in [-0.05, 0) is 35.1 Å². The van der Waals surface area contributed by atoms with Gasteiger partial charge in [0.25, 0.3) is 5.56 Å². The minimum atomic E-state index is -0.170. The Hall–Kier alpha value is -3.28. The fraction of sp³-hybridized carbons (Fsp3) is 0.333. The number of amides is 1. The van der Waals surface area contributed by atoms with E-state index in [1.165, 1.54) is 5.56 Å². The van der Waals surface area contributed by atoms with E-state index >= 15 is 0 Å². The van der Waals surface area contributed by atoms with Crippen molar-refractivity contribution < 1.29 is 9.63 Å². The standard InChI is InChI=1S/C24H25N3O3/c1-24(2,3)17-6-4-15(5-7-17)20(12-18-8-11-22(28)26-18)21-10-9-19(23(29)27-21)16-13-25-30-14-16/h4-7,9-10,12-13,16H,8,11,14H2,1-3H3,(H,27,29)/b20-12+. The number of aliphatic imine (C=N–C) groups is 1. The van der Waals surface area contributed by atoms with Crippen molar-refractivity contribution in [1.82, 2.24) is 4.98 Å². The van der Waals surface area contributed by atoms with Crippen LogP contribution in [0.2, 0.25) is 0 Å². The second-order valence-corrected chi connectivity index (χ2v) is 8.70. The second kappa shape index (κ2) is 7.86. The predicted octanol–water partition coefficient (Wildman–Crippen LogP) is 3.97. The lowest BCUT2D eigenvalue weighted by Gasteiger charge is -2.19. The molecule has 0 bridgehead atoms. The van der Waals surface area contributed by atoms with Crippen LogP contribution < -0.4 is 5.56 Å². The van der Waals surface area contributed by atoms with Crippen molar-refractivity contribution in [1.29, 1.82) is 0 Å². The number of benzene rings is 1. The Morgan fingerprint density at radius 3 is 2.43 bits per heavy atom. The molecule has 2 aromatic rings. The van der Waals surface area contributed by atoms with E-state index in [1.807, 2.05) is 30.3 Å². The van der Waals surface area contributed by atoms with Crippen LogP contribution in [0.3, 0.4) is 0 Å². The Labute approximate surface area is 175 Å². The molecular formula is C24H25N3O3. The number of pyridine rings is 1. The van der Waals surface area contributed by atoms with Crippen LogP contribution in [-0.4, -0.2) is 29.4 Å². The molecule has 1 N–H and O–H groups in total. The van der Waals surface area contributed by atoms with Gasteiger partial charge in [-0.1, -0.05) is 56.3 Å². The van der Waals surface area contributed by atoms with E-state index in [9.17, 15) is 9.59 Å². The molecule has 0 aliphatic carbocycles. The Balaban J connectivity index is 1.76. The van der Waals surface area contributed by atoms with Crippen molar-refractivity contribution in [3.63, 3.8) is 0 Å². The number of allylic oxidation sites excluding steroid dienone is 1. The third kappa shape index (κ3) is 4.17. The Morgan fingerprint density at radius 2 is 1.87 bits per heavy atom. The largest absolute Gasteiger partial charge is 0.395 e. The summed E-state index contributed by atoms with van der Waals surface area (Å²) in [6.45, 7) is 6.88. The number of carbonyl (C=O) groups excluding carboxylic acids is 1. The normalized spacial score (nSPS) is 19.2. The van der Waals surface area contributed by atoms with E-state index in [-0.39, 0.29) is 22.8 Å². The highest BCUT2D eigenvalue weighted by molar-refractivity contribution is 6.12. The molecule has 0 fully saturated rings.